The average Bonchev–Trinajstić information content (AvgIpc) is 3.23. The van der Waals surface area contributed by atoms with Crippen LogP contribution < -0.4 is 9.47 Å². The van der Waals surface area contributed by atoms with E-state index in [1.165, 1.54) is 6.08 Å². The number of nitrogens with zero attached hydrogens (tertiary/aromatic N) is 3. The van der Waals surface area contributed by atoms with Crippen LogP contribution in [0, 0.1) is 5.41 Å². The molecule has 0 bridgehead atoms. The van der Waals surface area contributed by atoms with Crippen LogP contribution in [0.4, 0.5) is 0 Å². The van der Waals surface area contributed by atoms with Gasteiger partial charge in [-0.25, -0.2) is 8.42 Å². The molecule has 2 aliphatic heterocycles. The van der Waals surface area contributed by atoms with E-state index in [1.54, 1.807) is 24.3 Å². The van der Waals surface area contributed by atoms with Gasteiger partial charge in [-0.15, -0.1) is 5.10 Å². The fourth-order valence-electron chi connectivity index (χ4n) is 2.91. The zero-order chi connectivity index (χ0) is 23.4. The average molecular weight is 485 g/mol. The first-order valence-corrected chi connectivity index (χ1v) is 12.6. The lowest BCUT2D eigenvalue weighted by atomic mass is 10.1. The van der Waals surface area contributed by atoms with E-state index in [-0.39, 0.29) is 21.0 Å². The van der Waals surface area contributed by atoms with Gasteiger partial charge in [-0.3, -0.25) is 10.2 Å². The van der Waals surface area contributed by atoms with Crippen LogP contribution in [-0.4, -0.2) is 54.2 Å². The molecule has 0 aliphatic carbocycles. The van der Waals surface area contributed by atoms with Crippen molar-refractivity contribution in [3.05, 3.63) is 65.7 Å². The molecule has 11 heteroatoms. The lowest BCUT2D eigenvalue weighted by Crippen LogP contribution is -2.35. The zero-order valence-electron chi connectivity index (χ0n) is 17.6. The smallest absolute Gasteiger partial charge is 0.283 e. The van der Waals surface area contributed by atoms with Gasteiger partial charge in [0, 0.05) is 12.7 Å². The number of hydrogen-bond donors (Lipinski definition) is 1. The van der Waals surface area contributed by atoms with Crippen LogP contribution >= 0.6 is 11.8 Å². The third-order valence-electron chi connectivity index (χ3n) is 4.51. The fourth-order valence-corrected chi connectivity index (χ4v) is 4.59. The number of thioether (sulfide) groups is 1. The number of para-hydroxylation sites is 1. The second-order valence-corrected chi connectivity index (χ2v) is 10.2. The summed E-state index contributed by atoms with van der Waals surface area (Å²) < 4.78 is 34.6. The van der Waals surface area contributed by atoms with E-state index < -0.39 is 15.7 Å². The van der Waals surface area contributed by atoms with Crippen molar-refractivity contribution in [3.63, 3.8) is 0 Å². The van der Waals surface area contributed by atoms with Crippen molar-refractivity contribution in [1.29, 1.82) is 5.41 Å². The molecule has 0 saturated carbocycles. The molecular formula is C22H20N4O5S2. The largest absolute Gasteiger partial charge is 0.493 e. The Morgan fingerprint density at radius 2 is 1.67 bits per heavy atom. The van der Waals surface area contributed by atoms with Gasteiger partial charge in [0.2, 0.25) is 19.4 Å². The van der Waals surface area contributed by atoms with Gasteiger partial charge < -0.3 is 9.47 Å². The Balaban J connectivity index is 1.35. The molecule has 2 heterocycles. The first-order valence-electron chi connectivity index (χ1n) is 9.92. The Morgan fingerprint density at radius 3 is 2.30 bits per heavy atom. The predicted octanol–water partition coefficient (Wildman–Crippen LogP) is 3.16. The Kier molecular flexibility index (Phi) is 6.61. The summed E-state index contributed by atoms with van der Waals surface area (Å²) in [6, 6.07) is 16.6. The van der Waals surface area contributed by atoms with Crippen LogP contribution in [0.1, 0.15) is 12.0 Å². The van der Waals surface area contributed by atoms with Gasteiger partial charge in [0.05, 0.1) is 18.8 Å². The molecule has 1 amide bonds. The van der Waals surface area contributed by atoms with Gasteiger partial charge in [-0.1, -0.05) is 30.3 Å². The minimum Gasteiger partial charge on any atom is -0.493 e. The number of ether oxygens (including phenoxy) is 2. The molecule has 170 valence electrons. The Morgan fingerprint density at radius 1 is 1.03 bits per heavy atom. The first kappa shape index (κ1) is 22.7. The number of amides is 1. The van der Waals surface area contributed by atoms with E-state index in [9.17, 15) is 13.2 Å². The quantitative estimate of drug-likeness (QED) is 0.473. The van der Waals surface area contributed by atoms with Gasteiger partial charge in [0.25, 0.3) is 5.91 Å². The van der Waals surface area contributed by atoms with Crippen molar-refractivity contribution < 1.29 is 22.7 Å². The van der Waals surface area contributed by atoms with E-state index in [0.717, 1.165) is 35.2 Å². The predicted molar refractivity (Wildman–Crippen MR) is 128 cm³/mol. The summed E-state index contributed by atoms with van der Waals surface area (Å²) in [5, 5.41) is 13.3. The van der Waals surface area contributed by atoms with Crippen molar-refractivity contribution in [2.45, 2.75) is 6.42 Å². The molecule has 2 aromatic rings. The first-order chi connectivity index (χ1) is 15.8. The molecule has 2 aromatic carbocycles. The van der Waals surface area contributed by atoms with Crippen molar-refractivity contribution in [3.8, 4) is 11.5 Å². The number of hydrogen-bond acceptors (Lipinski definition) is 8. The molecule has 2 aliphatic rings. The third-order valence-corrected chi connectivity index (χ3v) is 7.09. The SMILES string of the molecule is CS(=O)(=O)C1=NN2C(=N)/C(=C/c3ccc(OCCCOc4ccccc4)cc3)C(=O)N=C2S1. The standard InChI is InChI=1S/C22H20N4O5S2/c1-33(28,29)22-25-26-19(23)18(20(27)24-21(26)32-22)14-15-8-10-17(11-9-15)31-13-5-12-30-16-6-3-2-4-7-16/h2-4,6-11,14,23H,5,12-13H2,1H3/b18-14-,23-19?. The van der Waals surface area contributed by atoms with Crippen LogP contribution in [0.25, 0.3) is 6.08 Å². The molecule has 0 spiro atoms. The summed E-state index contributed by atoms with van der Waals surface area (Å²) in [4.78, 5) is 16.3. The number of rotatable bonds is 7. The molecule has 0 saturated heterocycles. The molecule has 0 unspecified atom stereocenters. The van der Waals surface area contributed by atoms with Crippen molar-refractivity contribution in [1.82, 2.24) is 5.01 Å². The highest BCUT2D eigenvalue weighted by Crippen LogP contribution is 2.30. The summed E-state index contributed by atoms with van der Waals surface area (Å²) in [5.74, 6) is 0.637. The van der Waals surface area contributed by atoms with Crippen molar-refractivity contribution >= 4 is 49.0 Å². The minimum atomic E-state index is -3.57. The van der Waals surface area contributed by atoms with Crippen LogP contribution in [0.3, 0.4) is 0 Å². The molecule has 0 atom stereocenters. The van der Waals surface area contributed by atoms with Gasteiger partial charge >= 0.3 is 0 Å². The lowest BCUT2D eigenvalue weighted by molar-refractivity contribution is -0.114. The van der Waals surface area contributed by atoms with Crippen LogP contribution in [0.5, 0.6) is 11.5 Å². The maximum absolute atomic E-state index is 12.4. The van der Waals surface area contributed by atoms with Crippen molar-refractivity contribution in [2.75, 3.05) is 19.5 Å². The monoisotopic (exact) mass is 484 g/mol. The van der Waals surface area contributed by atoms with E-state index in [2.05, 4.69) is 10.1 Å². The number of amidine groups is 2. The highest BCUT2D eigenvalue weighted by atomic mass is 32.3. The number of carbonyl (C=O) groups is 1. The minimum absolute atomic E-state index is 0.0181. The summed E-state index contributed by atoms with van der Waals surface area (Å²) in [7, 11) is -3.57. The highest BCUT2D eigenvalue weighted by molar-refractivity contribution is 8.42. The molecule has 9 nitrogen and oxygen atoms in total. The summed E-state index contributed by atoms with van der Waals surface area (Å²) in [6.07, 6.45) is 3.25. The highest BCUT2D eigenvalue weighted by Gasteiger charge is 2.38. The Bertz CT molecular complexity index is 1270. The van der Waals surface area contributed by atoms with Crippen LogP contribution in [0.2, 0.25) is 0 Å². The number of aliphatic imine (C=N–C) groups is 1. The van der Waals surface area contributed by atoms with E-state index in [1.807, 2.05) is 30.3 Å². The van der Waals surface area contributed by atoms with Crippen LogP contribution in [0.15, 0.2) is 70.3 Å². The number of benzene rings is 2. The molecular weight excluding hydrogens is 464 g/mol. The lowest BCUT2D eigenvalue weighted by Gasteiger charge is -2.20. The fraction of sp³-hybridized carbons (Fsp3) is 0.182. The molecule has 0 fully saturated rings. The van der Waals surface area contributed by atoms with E-state index in [0.29, 0.717) is 24.5 Å². The number of sulfone groups is 1. The number of hydrazone groups is 1. The molecule has 0 aromatic heterocycles. The topological polar surface area (TPSA) is 121 Å². The Hall–Kier alpha value is -3.44. The van der Waals surface area contributed by atoms with Gasteiger partial charge in [0.1, 0.15) is 11.5 Å². The second-order valence-electron chi connectivity index (χ2n) is 7.09. The number of nitrogens with one attached hydrogen (secondary N) is 1. The van der Waals surface area contributed by atoms with Gasteiger partial charge in [-0.05, 0) is 47.7 Å². The van der Waals surface area contributed by atoms with E-state index in [4.69, 9.17) is 14.9 Å². The number of carbonyl (C=O) groups excluding carboxylic acids is 1. The molecule has 4 rings (SSSR count). The normalized spacial score (nSPS) is 17.0. The molecule has 33 heavy (non-hydrogen) atoms. The second kappa shape index (κ2) is 9.59. The molecule has 0 radical (unpaired) electrons. The third kappa shape index (κ3) is 5.49. The van der Waals surface area contributed by atoms with Crippen LogP contribution in [-0.2, 0) is 14.6 Å². The summed E-state index contributed by atoms with van der Waals surface area (Å²) in [5.41, 5.74) is 0.685. The Labute approximate surface area is 195 Å². The van der Waals surface area contributed by atoms with Gasteiger partial charge in [-0.2, -0.15) is 10.0 Å². The van der Waals surface area contributed by atoms with E-state index >= 15 is 0 Å². The maximum Gasteiger partial charge on any atom is 0.283 e. The van der Waals surface area contributed by atoms with Crippen molar-refractivity contribution in [2.24, 2.45) is 10.1 Å². The molecule has 1 N–H and O–H groups in total. The zero-order valence-corrected chi connectivity index (χ0v) is 19.2. The summed E-state index contributed by atoms with van der Waals surface area (Å²) in [6.45, 7) is 1.03. The summed E-state index contributed by atoms with van der Waals surface area (Å²) >= 11 is 0.753. The maximum atomic E-state index is 12.4. The van der Waals surface area contributed by atoms with Gasteiger partial charge in [0.15, 0.2) is 5.84 Å². The number of fused-ring (bicyclic) bond motifs is 1.